The summed E-state index contributed by atoms with van der Waals surface area (Å²) >= 11 is 0. The zero-order chi connectivity index (χ0) is 12.1. The summed E-state index contributed by atoms with van der Waals surface area (Å²) in [7, 11) is 0. The standard InChI is InChI=1S/C15H10.C2H6/c1-2-6-12-10-14-8-4-5-9-15(14)11-13(12)7-3-1;1-2/h1-2,4-11H;1-2H3. The van der Waals surface area contributed by atoms with E-state index in [0.29, 0.717) is 0 Å². The lowest BCUT2D eigenvalue weighted by atomic mass is 10.0. The van der Waals surface area contributed by atoms with E-state index in [4.69, 9.17) is 0 Å². The van der Waals surface area contributed by atoms with Crippen LogP contribution in [0, 0.1) is 0 Å². The maximum Gasteiger partial charge on any atom is -0.0100 e. The molecule has 0 nitrogen and oxygen atoms in total. The first kappa shape index (κ1) is 11.4. The van der Waals surface area contributed by atoms with Gasteiger partial charge in [0.2, 0.25) is 0 Å². The predicted octanol–water partition coefficient (Wildman–Crippen LogP) is 5.06. The number of fused-ring (bicyclic) bond motifs is 2. The third-order valence-corrected chi connectivity index (χ3v) is 2.66. The average Bonchev–Trinajstić information content (AvgIpc) is 2.63. The zero-order valence-electron chi connectivity index (χ0n) is 10.3. The summed E-state index contributed by atoms with van der Waals surface area (Å²) in [5.74, 6) is 0. The highest BCUT2D eigenvalue weighted by Crippen LogP contribution is 2.23. The molecule has 1 aliphatic rings. The first-order valence-electron chi connectivity index (χ1n) is 6.05. The average molecular weight is 220 g/mol. The van der Waals surface area contributed by atoms with Crippen LogP contribution in [0.15, 0.2) is 54.3 Å². The molecule has 84 valence electrons. The van der Waals surface area contributed by atoms with Gasteiger partial charge in [0, 0.05) is 0 Å². The van der Waals surface area contributed by atoms with Crippen LogP contribution in [0.4, 0.5) is 0 Å². The maximum atomic E-state index is 3.13. The second kappa shape index (κ2) is 5.34. The predicted molar refractivity (Wildman–Crippen MR) is 76.9 cm³/mol. The number of hydrogen-bond acceptors (Lipinski definition) is 0. The Hall–Kier alpha value is -2.04. The lowest BCUT2D eigenvalue weighted by molar-refractivity contribution is 1.50. The van der Waals surface area contributed by atoms with Crippen LogP contribution >= 0.6 is 0 Å². The molecule has 2 aromatic rings. The summed E-state index contributed by atoms with van der Waals surface area (Å²) in [6.45, 7) is 4.00. The molecular formula is C17H16. The fourth-order valence-electron chi connectivity index (χ4n) is 1.89. The van der Waals surface area contributed by atoms with E-state index in [9.17, 15) is 0 Å². The summed E-state index contributed by atoms with van der Waals surface area (Å²) < 4.78 is 0. The van der Waals surface area contributed by atoms with Gasteiger partial charge in [-0.15, -0.1) is 5.73 Å². The Morgan fingerprint density at radius 1 is 0.882 bits per heavy atom. The van der Waals surface area contributed by atoms with Crippen LogP contribution in [0.1, 0.15) is 25.0 Å². The molecule has 0 amide bonds. The number of rotatable bonds is 0. The highest BCUT2D eigenvalue weighted by Gasteiger charge is 2.00. The Morgan fingerprint density at radius 3 is 2.24 bits per heavy atom. The summed E-state index contributed by atoms with van der Waals surface area (Å²) in [5.41, 5.74) is 5.63. The van der Waals surface area contributed by atoms with Crippen molar-refractivity contribution in [2.75, 3.05) is 0 Å². The van der Waals surface area contributed by atoms with Crippen LogP contribution < -0.4 is 0 Å². The molecule has 0 fully saturated rings. The van der Waals surface area contributed by atoms with Crippen molar-refractivity contribution in [3.05, 3.63) is 65.4 Å². The van der Waals surface area contributed by atoms with Gasteiger partial charge in [-0.05, 0) is 46.2 Å². The Bertz CT molecular complexity index is 609. The number of benzene rings is 2. The van der Waals surface area contributed by atoms with Crippen molar-refractivity contribution in [3.8, 4) is 0 Å². The van der Waals surface area contributed by atoms with Crippen LogP contribution in [0.25, 0.3) is 22.9 Å². The summed E-state index contributed by atoms with van der Waals surface area (Å²) in [5, 5.41) is 2.57. The van der Waals surface area contributed by atoms with Crippen LogP contribution in [-0.4, -0.2) is 0 Å². The van der Waals surface area contributed by atoms with Gasteiger partial charge >= 0.3 is 0 Å². The van der Waals surface area contributed by atoms with Crippen molar-refractivity contribution in [2.24, 2.45) is 0 Å². The van der Waals surface area contributed by atoms with Gasteiger partial charge in [0.05, 0.1) is 0 Å². The molecule has 0 radical (unpaired) electrons. The summed E-state index contributed by atoms with van der Waals surface area (Å²) in [4.78, 5) is 0. The van der Waals surface area contributed by atoms with Crippen molar-refractivity contribution in [1.82, 2.24) is 0 Å². The van der Waals surface area contributed by atoms with Gasteiger partial charge in [-0.1, -0.05) is 50.3 Å². The Kier molecular flexibility index (Phi) is 3.59. The minimum Gasteiger partial charge on any atom is -0.120 e. The molecule has 0 saturated heterocycles. The van der Waals surface area contributed by atoms with Gasteiger partial charge in [0.1, 0.15) is 0 Å². The molecule has 17 heavy (non-hydrogen) atoms. The fraction of sp³-hybridized carbons (Fsp3) is 0.118. The minimum absolute atomic E-state index is 1.23. The highest BCUT2D eigenvalue weighted by atomic mass is 14.0. The van der Waals surface area contributed by atoms with Crippen LogP contribution in [0.3, 0.4) is 0 Å². The van der Waals surface area contributed by atoms with E-state index in [1.807, 2.05) is 32.1 Å². The number of allylic oxidation sites excluding steroid dienone is 2. The van der Waals surface area contributed by atoms with Crippen molar-refractivity contribution in [1.29, 1.82) is 0 Å². The lowest BCUT2D eigenvalue weighted by Gasteiger charge is -2.03. The molecule has 0 atom stereocenters. The monoisotopic (exact) mass is 220 g/mol. The summed E-state index contributed by atoms with van der Waals surface area (Å²) in [6, 6.07) is 12.9. The van der Waals surface area contributed by atoms with Gasteiger partial charge in [0.25, 0.3) is 0 Å². The summed E-state index contributed by atoms with van der Waals surface area (Å²) in [6.07, 6.45) is 8.11. The van der Waals surface area contributed by atoms with E-state index in [-0.39, 0.29) is 0 Å². The van der Waals surface area contributed by atoms with Crippen LogP contribution in [0.2, 0.25) is 0 Å². The second-order valence-corrected chi connectivity index (χ2v) is 3.67. The Balaban J connectivity index is 0.000000514. The molecule has 0 heteroatoms. The quantitative estimate of drug-likeness (QED) is 0.544. The normalized spacial score (nSPS) is 11.6. The van der Waals surface area contributed by atoms with Gasteiger partial charge in [-0.3, -0.25) is 0 Å². The van der Waals surface area contributed by atoms with Crippen molar-refractivity contribution < 1.29 is 0 Å². The molecule has 0 unspecified atom stereocenters. The maximum absolute atomic E-state index is 3.13. The topological polar surface area (TPSA) is 0 Å². The number of hydrogen-bond donors (Lipinski definition) is 0. The smallest absolute Gasteiger partial charge is 0.0100 e. The van der Waals surface area contributed by atoms with Crippen molar-refractivity contribution in [3.63, 3.8) is 0 Å². The van der Waals surface area contributed by atoms with Crippen molar-refractivity contribution in [2.45, 2.75) is 13.8 Å². The van der Waals surface area contributed by atoms with Crippen molar-refractivity contribution >= 4 is 22.9 Å². The second-order valence-electron chi connectivity index (χ2n) is 3.67. The molecule has 2 aromatic carbocycles. The molecule has 0 saturated carbocycles. The van der Waals surface area contributed by atoms with Gasteiger partial charge < -0.3 is 0 Å². The molecular weight excluding hydrogens is 204 g/mol. The Labute approximate surface area is 103 Å². The van der Waals surface area contributed by atoms with E-state index in [1.54, 1.807) is 0 Å². The molecule has 0 heterocycles. The zero-order valence-corrected chi connectivity index (χ0v) is 10.3. The molecule has 0 aliphatic heterocycles. The van der Waals surface area contributed by atoms with Gasteiger partial charge in [-0.25, -0.2) is 0 Å². The lowest BCUT2D eigenvalue weighted by Crippen LogP contribution is -1.81. The first-order valence-corrected chi connectivity index (χ1v) is 6.05. The third-order valence-electron chi connectivity index (χ3n) is 2.66. The molecule has 3 rings (SSSR count). The van der Waals surface area contributed by atoms with Crippen LogP contribution in [-0.2, 0) is 0 Å². The fourth-order valence-corrected chi connectivity index (χ4v) is 1.89. The van der Waals surface area contributed by atoms with E-state index in [1.165, 1.54) is 21.9 Å². The highest BCUT2D eigenvalue weighted by molar-refractivity contribution is 5.88. The largest absolute Gasteiger partial charge is 0.120 e. The third kappa shape index (κ3) is 2.38. The van der Waals surface area contributed by atoms with Gasteiger partial charge in [0.15, 0.2) is 0 Å². The van der Waals surface area contributed by atoms with E-state index in [2.05, 4.69) is 48.2 Å². The molecule has 0 aromatic heterocycles. The molecule has 0 spiro atoms. The minimum atomic E-state index is 1.23. The van der Waals surface area contributed by atoms with Gasteiger partial charge in [-0.2, -0.15) is 0 Å². The molecule has 1 aliphatic carbocycles. The van der Waals surface area contributed by atoms with Crippen LogP contribution in [0.5, 0.6) is 0 Å². The first-order chi connectivity index (χ1) is 8.43. The van der Waals surface area contributed by atoms with E-state index < -0.39 is 0 Å². The Morgan fingerprint density at radius 2 is 1.53 bits per heavy atom. The van der Waals surface area contributed by atoms with E-state index in [0.717, 1.165) is 0 Å². The molecule has 0 N–H and O–H groups in total. The molecule has 0 bridgehead atoms. The van der Waals surface area contributed by atoms with E-state index >= 15 is 0 Å². The SMILES string of the molecule is C1=CC=Cc2cc3ccccc3cc2C=1.CC.